The van der Waals surface area contributed by atoms with Gasteiger partial charge in [-0.25, -0.2) is 5.48 Å². The number of hydroxylamine groups is 1. The minimum Gasteiger partial charge on any atom is -0.383 e. The van der Waals surface area contributed by atoms with Crippen molar-refractivity contribution in [3.63, 3.8) is 0 Å². The molecule has 6 nitrogen and oxygen atoms in total. The van der Waals surface area contributed by atoms with Gasteiger partial charge in [0.2, 0.25) is 0 Å². The number of hydrogen-bond donors (Lipinski definition) is 3. The zero-order valence-corrected chi connectivity index (χ0v) is 15.4. The van der Waals surface area contributed by atoms with Crippen LogP contribution in [0.5, 0.6) is 0 Å². The van der Waals surface area contributed by atoms with E-state index in [4.69, 9.17) is 9.94 Å². The molecule has 0 saturated heterocycles. The quantitative estimate of drug-likeness (QED) is 0.434. The molecule has 3 N–H and O–H groups in total. The lowest BCUT2D eigenvalue weighted by Gasteiger charge is -2.32. The first kappa shape index (κ1) is 19.7. The van der Waals surface area contributed by atoms with Crippen LogP contribution in [0.2, 0.25) is 0 Å². The highest BCUT2D eigenvalue weighted by Crippen LogP contribution is 2.30. The van der Waals surface area contributed by atoms with Crippen LogP contribution in [0.25, 0.3) is 11.1 Å². The Morgan fingerprint density at radius 1 is 1.04 bits per heavy atom. The first-order valence-electron chi connectivity index (χ1n) is 8.86. The van der Waals surface area contributed by atoms with Gasteiger partial charge in [0.25, 0.3) is 5.91 Å². The van der Waals surface area contributed by atoms with Crippen molar-refractivity contribution in [1.82, 2.24) is 10.5 Å². The second kappa shape index (κ2) is 8.75. The zero-order valence-electron chi connectivity index (χ0n) is 15.4. The minimum absolute atomic E-state index is 0.0723. The van der Waals surface area contributed by atoms with Gasteiger partial charge in [-0.2, -0.15) is 0 Å². The van der Waals surface area contributed by atoms with Crippen LogP contribution in [0.4, 0.5) is 0 Å². The molecule has 1 heterocycles. The zero-order chi connectivity index (χ0) is 20.0. The van der Waals surface area contributed by atoms with Crippen LogP contribution in [-0.2, 0) is 16.1 Å². The number of carbonyl (C=O) groups excluding carboxylic acids is 1. The lowest BCUT2D eigenvalue weighted by atomic mass is 9.94. The Morgan fingerprint density at radius 3 is 2.29 bits per heavy atom. The fourth-order valence-electron chi connectivity index (χ4n) is 2.86. The van der Waals surface area contributed by atoms with Crippen LogP contribution >= 0.6 is 0 Å². The summed E-state index contributed by atoms with van der Waals surface area (Å²) in [4.78, 5) is 16.3. The maximum atomic E-state index is 12.2. The number of pyridine rings is 1. The summed E-state index contributed by atoms with van der Waals surface area (Å²) >= 11 is 0. The van der Waals surface area contributed by atoms with Crippen molar-refractivity contribution in [2.75, 3.05) is 0 Å². The monoisotopic (exact) mass is 378 g/mol. The lowest BCUT2D eigenvalue weighted by Crippen LogP contribution is -2.50. The molecule has 0 radical (unpaired) electrons. The normalized spacial score (nSPS) is 14.1. The first-order valence-corrected chi connectivity index (χ1v) is 8.86. The number of aliphatic hydroxyl groups is 1. The van der Waals surface area contributed by atoms with Gasteiger partial charge in [-0.15, -0.1) is 0 Å². The number of rotatable bonds is 7. The molecule has 0 aliphatic rings. The molecule has 0 bridgehead atoms. The van der Waals surface area contributed by atoms with Gasteiger partial charge in [0.15, 0.2) is 5.60 Å². The number of carbonyl (C=O) groups is 1. The Kier molecular flexibility index (Phi) is 6.16. The fraction of sp³-hybridized carbons (Fsp3) is 0.182. The predicted octanol–water partition coefficient (Wildman–Crippen LogP) is 3.26. The molecule has 0 unspecified atom stereocenters. The number of ether oxygens (including phenoxy) is 1. The second-order valence-electron chi connectivity index (χ2n) is 6.56. The molecule has 0 aliphatic carbocycles. The lowest BCUT2D eigenvalue weighted by molar-refractivity contribution is -0.174. The van der Waals surface area contributed by atoms with E-state index in [-0.39, 0.29) is 12.3 Å². The molecule has 2 atom stereocenters. The van der Waals surface area contributed by atoms with E-state index in [2.05, 4.69) is 4.98 Å². The number of aliphatic hydroxyl groups excluding tert-OH is 1. The van der Waals surface area contributed by atoms with Gasteiger partial charge in [-0.1, -0.05) is 60.7 Å². The molecule has 0 spiro atoms. The third-order valence-corrected chi connectivity index (χ3v) is 4.64. The van der Waals surface area contributed by atoms with Crippen LogP contribution < -0.4 is 5.48 Å². The van der Waals surface area contributed by atoms with E-state index in [1.54, 1.807) is 23.7 Å². The van der Waals surface area contributed by atoms with Crippen LogP contribution in [0.15, 0.2) is 79.0 Å². The third-order valence-electron chi connectivity index (χ3n) is 4.64. The summed E-state index contributed by atoms with van der Waals surface area (Å²) in [7, 11) is 0. The Hall–Kier alpha value is -3.06. The number of hydrogen-bond acceptors (Lipinski definition) is 5. The van der Waals surface area contributed by atoms with Crippen molar-refractivity contribution in [3.8, 4) is 11.1 Å². The summed E-state index contributed by atoms with van der Waals surface area (Å²) in [5.41, 5.74) is 3.11. The summed E-state index contributed by atoms with van der Waals surface area (Å²) in [6.07, 6.45) is 0.155. The molecule has 6 heteroatoms. The minimum atomic E-state index is -1.72. The van der Waals surface area contributed by atoms with Crippen molar-refractivity contribution in [3.05, 3.63) is 90.3 Å². The predicted molar refractivity (Wildman–Crippen MR) is 104 cm³/mol. The van der Waals surface area contributed by atoms with E-state index < -0.39 is 17.6 Å². The molecule has 1 amide bonds. The molecule has 0 saturated carbocycles. The van der Waals surface area contributed by atoms with Gasteiger partial charge in [-0.05, 0) is 35.7 Å². The van der Waals surface area contributed by atoms with Gasteiger partial charge in [0.1, 0.15) is 6.10 Å². The number of benzene rings is 2. The molecule has 0 fully saturated rings. The Labute approximate surface area is 163 Å². The van der Waals surface area contributed by atoms with Gasteiger partial charge < -0.3 is 9.84 Å². The van der Waals surface area contributed by atoms with Gasteiger partial charge in [0, 0.05) is 6.20 Å². The van der Waals surface area contributed by atoms with Crippen molar-refractivity contribution in [2.24, 2.45) is 0 Å². The largest absolute Gasteiger partial charge is 0.383 e. The fourth-order valence-corrected chi connectivity index (χ4v) is 2.86. The highest BCUT2D eigenvalue weighted by molar-refractivity contribution is 5.84. The van der Waals surface area contributed by atoms with E-state index >= 15 is 0 Å². The average Bonchev–Trinajstić information content (AvgIpc) is 2.78. The van der Waals surface area contributed by atoms with Gasteiger partial charge in [-0.3, -0.25) is 15.0 Å². The van der Waals surface area contributed by atoms with E-state index in [9.17, 15) is 9.90 Å². The molecule has 1 aromatic heterocycles. The number of amides is 1. The molecule has 2 aromatic carbocycles. The van der Waals surface area contributed by atoms with Crippen molar-refractivity contribution in [2.45, 2.75) is 25.2 Å². The molecular weight excluding hydrogens is 356 g/mol. The topological polar surface area (TPSA) is 91.7 Å². The highest BCUT2D eigenvalue weighted by atomic mass is 16.5. The summed E-state index contributed by atoms with van der Waals surface area (Å²) in [5, 5.41) is 19.8. The van der Waals surface area contributed by atoms with Crippen LogP contribution in [0, 0.1) is 0 Å². The van der Waals surface area contributed by atoms with Crippen LogP contribution in [0.3, 0.4) is 0 Å². The first-order chi connectivity index (χ1) is 13.5. The Balaban J connectivity index is 1.76. The van der Waals surface area contributed by atoms with Gasteiger partial charge in [0.05, 0.1) is 12.3 Å². The SMILES string of the molecule is C[C@](OCc1ccc(-c2ccccc2)cc1)(C(=O)NO)[C@@H](O)c1ccccn1. The van der Waals surface area contributed by atoms with E-state index in [1.807, 2.05) is 54.6 Å². The van der Waals surface area contributed by atoms with E-state index in [0.717, 1.165) is 16.7 Å². The highest BCUT2D eigenvalue weighted by Gasteiger charge is 2.43. The van der Waals surface area contributed by atoms with Crippen LogP contribution in [-0.4, -0.2) is 26.8 Å². The number of nitrogens with zero attached hydrogens (tertiary/aromatic N) is 1. The molecule has 3 aromatic rings. The maximum Gasteiger partial charge on any atom is 0.278 e. The number of nitrogens with one attached hydrogen (secondary N) is 1. The summed E-state index contributed by atoms with van der Waals surface area (Å²) < 4.78 is 5.77. The smallest absolute Gasteiger partial charge is 0.278 e. The average molecular weight is 378 g/mol. The van der Waals surface area contributed by atoms with Crippen molar-refractivity contribution >= 4 is 5.91 Å². The standard InChI is InChI=1S/C22H22N2O4/c1-22(21(26)24-27,20(25)19-9-5-6-14-23-19)28-15-16-10-12-18(13-11-16)17-7-3-2-4-8-17/h2-14,20,25,27H,15H2,1H3,(H,24,26)/t20-,22+/m0/s1. The summed E-state index contributed by atoms with van der Waals surface area (Å²) in [6, 6.07) is 22.7. The van der Waals surface area contributed by atoms with Crippen LogP contribution in [0.1, 0.15) is 24.3 Å². The number of aromatic nitrogens is 1. The van der Waals surface area contributed by atoms with E-state index in [0.29, 0.717) is 0 Å². The Bertz CT molecular complexity index is 901. The second-order valence-corrected chi connectivity index (χ2v) is 6.56. The molecule has 144 valence electrons. The molecule has 3 rings (SSSR count). The molecule has 0 aliphatic heterocycles. The maximum absolute atomic E-state index is 12.2. The van der Waals surface area contributed by atoms with E-state index in [1.165, 1.54) is 13.1 Å². The Morgan fingerprint density at radius 2 is 1.68 bits per heavy atom. The summed E-state index contributed by atoms with van der Waals surface area (Å²) in [5.74, 6) is -0.855. The third kappa shape index (κ3) is 4.26. The summed E-state index contributed by atoms with van der Waals surface area (Å²) in [6.45, 7) is 1.49. The van der Waals surface area contributed by atoms with Crippen molar-refractivity contribution in [1.29, 1.82) is 0 Å². The molecule has 28 heavy (non-hydrogen) atoms. The van der Waals surface area contributed by atoms with Gasteiger partial charge >= 0.3 is 0 Å². The van der Waals surface area contributed by atoms with Crippen molar-refractivity contribution < 1.29 is 19.8 Å². The molecular formula is C22H22N2O4.